The van der Waals surface area contributed by atoms with Crippen molar-refractivity contribution >= 4 is 23.6 Å². The van der Waals surface area contributed by atoms with Crippen LogP contribution < -0.4 is 10.6 Å². The standard InChI is InChI=1S/C20H28N4O3S/c1-6-11-21-17(26)13(2)22-16(25)12-28-19-24-23-18(27-19)14-7-9-15(10-8-14)20(3,4)5/h7-10,13H,6,11-12H2,1-5H3,(H,21,26)(H,22,25)/t13-/m1/s1. The third-order valence-electron chi connectivity index (χ3n) is 4.05. The van der Waals surface area contributed by atoms with Gasteiger partial charge in [-0.3, -0.25) is 9.59 Å². The minimum atomic E-state index is -0.584. The fourth-order valence-electron chi connectivity index (χ4n) is 2.37. The third-order valence-corrected chi connectivity index (χ3v) is 4.87. The van der Waals surface area contributed by atoms with Gasteiger partial charge in [0.15, 0.2) is 0 Å². The van der Waals surface area contributed by atoms with E-state index in [4.69, 9.17) is 4.42 Å². The zero-order valence-corrected chi connectivity index (χ0v) is 17.9. The van der Waals surface area contributed by atoms with Crippen LogP contribution in [0.3, 0.4) is 0 Å². The number of benzene rings is 1. The molecule has 152 valence electrons. The van der Waals surface area contributed by atoms with Gasteiger partial charge in [0.1, 0.15) is 6.04 Å². The lowest BCUT2D eigenvalue weighted by atomic mass is 9.87. The normalized spacial score (nSPS) is 12.5. The van der Waals surface area contributed by atoms with E-state index in [9.17, 15) is 9.59 Å². The molecule has 2 aromatic rings. The fraction of sp³-hybridized carbons (Fsp3) is 0.500. The predicted molar refractivity (Wildman–Crippen MR) is 110 cm³/mol. The zero-order chi connectivity index (χ0) is 20.7. The summed E-state index contributed by atoms with van der Waals surface area (Å²) in [6, 6.07) is 7.41. The second-order valence-corrected chi connectivity index (χ2v) is 8.50. The van der Waals surface area contributed by atoms with Gasteiger partial charge in [-0.15, -0.1) is 10.2 Å². The highest BCUT2D eigenvalue weighted by Gasteiger charge is 2.17. The van der Waals surface area contributed by atoms with Gasteiger partial charge >= 0.3 is 0 Å². The number of thioether (sulfide) groups is 1. The molecule has 0 aliphatic carbocycles. The van der Waals surface area contributed by atoms with E-state index in [1.165, 1.54) is 5.56 Å². The van der Waals surface area contributed by atoms with E-state index in [0.29, 0.717) is 17.7 Å². The first-order valence-electron chi connectivity index (χ1n) is 9.35. The summed E-state index contributed by atoms with van der Waals surface area (Å²) >= 11 is 1.14. The molecule has 28 heavy (non-hydrogen) atoms. The smallest absolute Gasteiger partial charge is 0.277 e. The van der Waals surface area contributed by atoms with Crippen molar-refractivity contribution in [2.24, 2.45) is 0 Å². The van der Waals surface area contributed by atoms with Gasteiger partial charge in [-0.2, -0.15) is 0 Å². The van der Waals surface area contributed by atoms with Crippen molar-refractivity contribution < 1.29 is 14.0 Å². The van der Waals surface area contributed by atoms with E-state index in [1.807, 2.05) is 31.2 Å². The molecule has 0 saturated carbocycles. The Hall–Kier alpha value is -2.35. The van der Waals surface area contributed by atoms with Gasteiger partial charge in [-0.25, -0.2) is 0 Å². The largest absolute Gasteiger partial charge is 0.411 e. The lowest BCUT2D eigenvalue weighted by molar-refractivity contribution is -0.127. The lowest BCUT2D eigenvalue weighted by Crippen LogP contribution is -2.45. The molecule has 0 radical (unpaired) electrons. The van der Waals surface area contributed by atoms with Crippen LogP contribution in [0.25, 0.3) is 11.5 Å². The van der Waals surface area contributed by atoms with Crippen molar-refractivity contribution in [3.63, 3.8) is 0 Å². The molecule has 2 N–H and O–H groups in total. The van der Waals surface area contributed by atoms with Crippen molar-refractivity contribution in [3.05, 3.63) is 29.8 Å². The summed E-state index contributed by atoms with van der Waals surface area (Å²) in [5.41, 5.74) is 2.13. The molecule has 1 atom stereocenters. The third kappa shape index (κ3) is 6.37. The Labute approximate surface area is 170 Å². The summed E-state index contributed by atoms with van der Waals surface area (Å²) in [6.07, 6.45) is 0.848. The molecule has 0 saturated heterocycles. The molecule has 0 bridgehead atoms. The Bertz CT molecular complexity index is 797. The number of amides is 2. The van der Waals surface area contributed by atoms with Crippen LogP contribution in [0.5, 0.6) is 0 Å². The lowest BCUT2D eigenvalue weighted by Gasteiger charge is -2.18. The first-order chi connectivity index (χ1) is 13.2. The van der Waals surface area contributed by atoms with Crippen LogP contribution in [0.1, 0.15) is 46.6 Å². The summed E-state index contributed by atoms with van der Waals surface area (Å²) in [4.78, 5) is 23.8. The molecule has 0 fully saturated rings. The van der Waals surface area contributed by atoms with Crippen molar-refractivity contribution in [1.82, 2.24) is 20.8 Å². The first-order valence-corrected chi connectivity index (χ1v) is 10.3. The molecular weight excluding hydrogens is 376 g/mol. The van der Waals surface area contributed by atoms with Crippen LogP contribution in [0, 0.1) is 0 Å². The van der Waals surface area contributed by atoms with E-state index in [0.717, 1.165) is 23.7 Å². The summed E-state index contributed by atoms with van der Waals surface area (Å²) < 4.78 is 5.63. The van der Waals surface area contributed by atoms with Crippen LogP contribution in [0.15, 0.2) is 33.9 Å². The highest BCUT2D eigenvalue weighted by atomic mass is 32.2. The predicted octanol–water partition coefficient (Wildman–Crippen LogP) is 3.16. The number of hydrogen-bond donors (Lipinski definition) is 2. The minimum Gasteiger partial charge on any atom is -0.411 e. The van der Waals surface area contributed by atoms with Gasteiger partial charge in [0.2, 0.25) is 17.7 Å². The topological polar surface area (TPSA) is 97.1 Å². The Balaban J connectivity index is 1.87. The van der Waals surface area contributed by atoms with E-state index >= 15 is 0 Å². The molecule has 2 rings (SSSR count). The fourth-order valence-corrected chi connectivity index (χ4v) is 2.95. The molecule has 1 heterocycles. The van der Waals surface area contributed by atoms with Crippen LogP contribution in [-0.4, -0.2) is 40.4 Å². The van der Waals surface area contributed by atoms with E-state index in [1.54, 1.807) is 6.92 Å². The molecule has 0 spiro atoms. The van der Waals surface area contributed by atoms with Crippen molar-refractivity contribution in [2.45, 2.75) is 57.7 Å². The Morgan fingerprint density at radius 3 is 2.46 bits per heavy atom. The molecule has 1 aromatic carbocycles. The van der Waals surface area contributed by atoms with Crippen LogP contribution >= 0.6 is 11.8 Å². The monoisotopic (exact) mass is 404 g/mol. The van der Waals surface area contributed by atoms with Crippen molar-refractivity contribution in [3.8, 4) is 11.5 Å². The van der Waals surface area contributed by atoms with E-state index in [2.05, 4.69) is 41.6 Å². The first kappa shape index (κ1) is 21.9. The van der Waals surface area contributed by atoms with Gasteiger partial charge in [-0.05, 0) is 36.5 Å². The Morgan fingerprint density at radius 2 is 1.86 bits per heavy atom. The van der Waals surface area contributed by atoms with E-state index < -0.39 is 6.04 Å². The SMILES string of the molecule is CCCNC(=O)[C@@H](C)NC(=O)CSc1nnc(-c2ccc(C(C)(C)C)cc2)o1. The van der Waals surface area contributed by atoms with E-state index in [-0.39, 0.29) is 23.0 Å². The molecule has 7 nitrogen and oxygen atoms in total. The number of rotatable bonds is 8. The van der Waals surface area contributed by atoms with Gasteiger partial charge in [-0.1, -0.05) is 51.6 Å². The number of nitrogens with zero attached hydrogens (tertiary/aromatic N) is 2. The highest BCUT2D eigenvalue weighted by molar-refractivity contribution is 7.99. The molecule has 0 aliphatic heterocycles. The molecule has 8 heteroatoms. The summed E-state index contributed by atoms with van der Waals surface area (Å²) in [7, 11) is 0. The molecular formula is C20H28N4O3S. The second-order valence-electron chi connectivity index (χ2n) is 7.57. The average Bonchev–Trinajstić information content (AvgIpc) is 3.13. The minimum absolute atomic E-state index is 0.0757. The zero-order valence-electron chi connectivity index (χ0n) is 17.0. The maximum Gasteiger partial charge on any atom is 0.277 e. The number of hydrogen-bond acceptors (Lipinski definition) is 6. The molecule has 0 aliphatic rings. The van der Waals surface area contributed by atoms with Gasteiger partial charge < -0.3 is 15.1 Å². The highest BCUT2D eigenvalue weighted by Crippen LogP contribution is 2.27. The maximum absolute atomic E-state index is 12.0. The number of carbonyl (C=O) groups excluding carboxylic acids is 2. The molecule has 0 unspecified atom stereocenters. The average molecular weight is 405 g/mol. The van der Waals surface area contributed by atoms with Crippen molar-refractivity contribution in [2.75, 3.05) is 12.3 Å². The Kier molecular flexibility index (Phi) is 7.62. The maximum atomic E-state index is 12.0. The summed E-state index contributed by atoms with van der Waals surface area (Å²) in [5, 5.41) is 13.7. The number of carbonyl (C=O) groups is 2. The van der Waals surface area contributed by atoms with Gasteiger partial charge in [0.05, 0.1) is 5.75 Å². The van der Waals surface area contributed by atoms with Crippen LogP contribution in [-0.2, 0) is 15.0 Å². The molecule has 1 aromatic heterocycles. The second kappa shape index (κ2) is 9.73. The van der Waals surface area contributed by atoms with Crippen LogP contribution in [0.2, 0.25) is 0 Å². The van der Waals surface area contributed by atoms with Crippen molar-refractivity contribution in [1.29, 1.82) is 0 Å². The number of aromatic nitrogens is 2. The quantitative estimate of drug-likeness (QED) is 0.656. The van der Waals surface area contributed by atoms with Gasteiger partial charge in [0.25, 0.3) is 5.22 Å². The Morgan fingerprint density at radius 1 is 1.18 bits per heavy atom. The summed E-state index contributed by atoms with van der Waals surface area (Å²) in [5.74, 6) is 0.0452. The number of nitrogens with one attached hydrogen (secondary N) is 2. The van der Waals surface area contributed by atoms with Gasteiger partial charge in [0, 0.05) is 12.1 Å². The summed E-state index contributed by atoms with van der Waals surface area (Å²) in [6.45, 7) is 10.7. The molecule has 2 amide bonds. The van der Waals surface area contributed by atoms with Crippen LogP contribution in [0.4, 0.5) is 0 Å².